The number of benzene rings is 2. The second-order valence-electron chi connectivity index (χ2n) is 5.98. The Morgan fingerprint density at radius 3 is 2.69 bits per heavy atom. The largest absolute Gasteiger partial charge is 0.379 e. The van der Waals surface area contributed by atoms with E-state index in [2.05, 4.69) is 20.4 Å². The first-order valence-electron chi connectivity index (χ1n) is 8.14. The molecule has 0 unspecified atom stereocenters. The monoisotopic (exact) mass is 365 g/mol. The summed E-state index contributed by atoms with van der Waals surface area (Å²) in [5.41, 5.74) is 3.18. The van der Waals surface area contributed by atoms with Crippen molar-refractivity contribution in [2.75, 3.05) is 5.32 Å². The Bertz CT molecular complexity index is 1130. The number of rotatable bonds is 4. The normalized spacial score (nSPS) is 11.0. The van der Waals surface area contributed by atoms with Crippen molar-refractivity contribution in [2.45, 2.75) is 13.5 Å². The maximum atomic E-state index is 12.4. The number of nitrogens with zero attached hydrogens (tertiary/aromatic N) is 3. The fourth-order valence-corrected chi connectivity index (χ4v) is 2.82. The fourth-order valence-electron chi connectivity index (χ4n) is 2.64. The molecule has 0 fully saturated rings. The van der Waals surface area contributed by atoms with Gasteiger partial charge in [0.1, 0.15) is 0 Å². The van der Waals surface area contributed by atoms with Crippen LogP contribution in [0.4, 0.5) is 5.69 Å². The van der Waals surface area contributed by atoms with E-state index in [1.54, 1.807) is 0 Å². The van der Waals surface area contributed by atoms with Gasteiger partial charge in [-0.25, -0.2) is 4.98 Å². The number of nitrogens with one attached hydrogen (secondary N) is 2. The van der Waals surface area contributed by atoms with Gasteiger partial charge in [-0.3, -0.25) is 9.89 Å². The van der Waals surface area contributed by atoms with Crippen LogP contribution in [0, 0.1) is 6.92 Å². The van der Waals surface area contributed by atoms with Crippen LogP contribution >= 0.6 is 11.6 Å². The first-order valence-corrected chi connectivity index (χ1v) is 8.52. The Kier molecular flexibility index (Phi) is 4.18. The summed E-state index contributed by atoms with van der Waals surface area (Å²) >= 11 is 6.14. The van der Waals surface area contributed by atoms with E-state index in [9.17, 15) is 4.79 Å². The zero-order valence-electron chi connectivity index (χ0n) is 14.0. The van der Waals surface area contributed by atoms with E-state index in [1.165, 1.54) is 10.6 Å². The molecule has 2 N–H and O–H groups in total. The van der Waals surface area contributed by atoms with E-state index in [4.69, 9.17) is 11.6 Å². The second-order valence-corrected chi connectivity index (χ2v) is 6.38. The van der Waals surface area contributed by atoms with E-state index < -0.39 is 0 Å². The number of aromatic nitrogens is 4. The number of aromatic amines is 1. The van der Waals surface area contributed by atoms with Crippen molar-refractivity contribution >= 4 is 23.1 Å². The Hall–Kier alpha value is -3.12. The minimum Gasteiger partial charge on any atom is -0.379 e. The molecule has 6 nitrogen and oxygen atoms in total. The van der Waals surface area contributed by atoms with Gasteiger partial charge in [0.2, 0.25) is 0 Å². The molecule has 0 spiro atoms. The molecular formula is C19H16ClN5O. The predicted molar refractivity (Wildman–Crippen MR) is 103 cm³/mol. The number of hydrogen-bond donors (Lipinski definition) is 2. The topological polar surface area (TPSA) is 75.1 Å². The number of fused-ring (bicyclic) bond motifs is 1. The molecule has 7 heteroatoms. The van der Waals surface area contributed by atoms with Gasteiger partial charge in [-0.1, -0.05) is 48.0 Å². The standard InChI is InChI=1S/C19H16ClN5O/c1-12-7-8-14(9-16(12)20)21-11-15-10-17(26)25-19(22-15)23-18(24-25)13-5-3-2-4-6-13/h2-10,21H,11H2,1H3,(H,22,23,24). The van der Waals surface area contributed by atoms with Gasteiger partial charge in [0, 0.05) is 22.3 Å². The van der Waals surface area contributed by atoms with Gasteiger partial charge in [0.15, 0.2) is 5.82 Å². The van der Waals surface area contributed by atoms with Crippen LogP contribution in [-0.2, 0) is 6.54 Å². The Labute approximate surface area is 154 Å². The van der Waals surface area contributed by atoms with Crippen molar-refractivity contribution in [2.24, 2.45) is 0 Å². The maximum Gasteiger partial charge on any atom is 0.274 e. The molecule has 0 bridgehead atoms. The zero-order valence-corrected chi connectivity index (χ0v) is 14.8. The van der Waals surface area contributed by atoms with E-state index >= 15 is 0 Å². The second kappa shape index (κ2) is 6.65. The van der Waals surface area contributed by atoms with Crippen LogP contribution in [-0.4, -0.2) is 19.6 Å². The SMILES string of the molecule is Cc1ccc(NCc2cc(=O)n3[nH]c(-c4ccccc4)nc3n2)cc1Cl. The number of H-pyrrole nitrogens is 1. The summed E-state index contributed by atoms with van der Waals surface area (Å²) in [4.78, 5) is 21.3. The highest BCUT2D eigenvalue weighted by Gasteiger charge is 2.09. The molecule has 26 heavy (non-hydrogen) atoms. The molecule has 4 rings (SSSR count). The Balaban J connectivity index is 1.62. The Morgan fingerprint density at radius 2 is 1.92 bits per heavy atom. The molecule has 2 aromatic carbocycles. The summed E-state index contributed by atoms with van der Waals surface area (Å²) in [6, 6.07) is 16.8. The lowest BCUT2D eigenvalue weighted by molar-refractivity contribution is 0.879. The first kappa shape index (κ1) is 16.4. The molecule has 0 saturated heterocycles. The lowest BCUT2D eigenvalue weighted by Gasteiger charge is -2.07. The molecule has 0 atom stereocenters. The van der Waals surface area contributed by atoms with Gasteiger partial charge in [-0.15, -0.1) is 0 Å². The van der Waals surface area contributed by atoms with Crippen molar-refractivity contribution in [3.05, 3.63) is 81.2 Å². The van der Waals surface area contributed by atoms with Gasteiger partial charge in [-0.05, 0) is 24.6 Å². The van der Waals surface area contributed by atoms with Gasteiger partial charge in [0.25, 0.3) is 11.3 Å². The van der Waals surface area contributed by atoms with Crippen LogP contribution in [0.1, 0.15) is 11.3 Å². The quantitative estimate of drug-likeness (QED) is 0.578. The van der Waals surface area contributed by atoms with Gasteiger partial charge < -0.3 is 5.32 Å². The summed E-state index contributed by atoms with van der Waals surface area (Å²) in [6.45, 7) is 2.35. The van der Waals surface area contributed by atoms with Crippen LogP contribution in [0.25, 0.3) is 17.2 Å². The first-order chi connectivity index (χ1) is 12.6. The fraction of sp³-hybridized carbons (Fsp3) is 0.105. The average molecular weight is 366 g/mol. The van der Waals surface area contributed by atoms with Crippen molar-refractivity contribution in [3.63, 3.8) is 0 Å². The third-order valence-electron chi connectivity index (χ3n) is 4.08. The summed E-state index contributed by atoms with van der Waals surface area (Å²) in [6.07, 6.45) is 0. The van der Waals surface area contributed by atoms with Crippen molar-refractivity contribution < 1.29 is 0 Å². The predicted octanol–water partition coefficient (Wildman–Crippen LogP) is 3.66. The molecule has 130 valence electrons. The third-order valence-corrected chi connectivity index (χ3v) is 4.48. The summed E-state index contributed by atoms with van der Waals surface area (Å²) in [5, 5.41) is 6.91. The van der Waals surface area contributed by atoms with Gasteiger partial charge in [0.05, 0.1) is 12.2 Å². The van der Waals surface area contributed by atoms with Gasteiger partial charge in [-0.2, -0.15) is 9.50 Å². The molecular weight excluding hydrogens is 350 g/mol. The summed E-state index contributed by atoms with van der Waals surface area (Å²) in [7, 11) is 0. The number of hydrogen-bond acceptors (Lipinski definition) is 4. The van der Waals surface area contributed by atoms with Crippen LogP contribution in [0.5, 0.6) is 0 Å². The lowest BCUT2D eigenvalue weighted by Crippen LogP contribution is -2.17. The van der Waals surface area contributed by atoms with Crippen molar-refractivity contribution in [3.8, 4) is 11.4 Å². The highest BCUT2D eigenvalue weighted by molar-refractivity contribution is 6.31. The average Bonchev–Trinajstić information content (AvgIpc) is 3.08. The number of aryl methyl sites for hydroxylation is 1. The summed E-state index contributed by atoms with van der Waals surface area (Å²) in [5.74, 6) is 0.945. The summed E-state index contributed by atoms with van der Waals surface area (Å²) < 4.78 is 1.34. The van der Waals surface area contributed by atoms with Crippen molar-refractivity contribution in [1.29, 1.82) is 0 Å². The molecule has 0 saturated carbocycles. The molecule has 0 aliphatic heterocycles. The van der Waals surface area contributed by atoms with E-state index in [0.29, 0.717) is 28.9 Å². The molecule has 0 amide bonds. The van der Waals surface area contributed by atoms with Crippen LogP contribution in [0.3, 0.4) is 0 Å². The highest BCUT2D eigenvalue weighted by atomic mass is 35.5. The lowest BCUT2D eigenvalue weighted by atomic mass is 10.2. The van der Waals surface area contributed by atoms with Crippen LogP contribution in [0.15, 0.2) is 59.4 Å². The van der Waals surface area contributed by atoms with Crippen LogP contribution < -0.4 is 10.9 Å². The van der Waals surface area contributed by atoms with Crippen molar-refractivity contribution in [1.82, 2.24) is 19.6 Å². The molecule has 2 heterocycles. The van der Waals surface area contributed by atoms with E-state index in [0.717, 1.165) is 16.8 Å². The smallest absolute Gasteiger partial charge is 0.274 e. The molecule has 4 aromatic rings. The molecule has 2 aromatic heterocycles. The van der Waals surface area contributed by atoms with Gasteiger partial charge >= 0.3 is 0 Å². The number of anilines is 1. The van der Waals surface area contributed by atoms with Crippen LogP contribution in [0.2, 0.25) is 5.02 Å². The zero-order chi connectivity index (χ0) is 18.1. The minimum absolute atomic E-state index is 0.205. The third kappa shape index (κ3) is 3.19. The van der Waals surface area contributed by atoms with E-state index in [-0.39, 0.29) is 5.56 Å². The molecule has 0 radical (unpaired) electrons. The number of halogens is 1. The van der Waals surface area contributed by atoms with E-state index in [1.807, 2.05) is 55.5 Å². The highest BCUT2D eigenvalue weighted by Crippen LogP contribution is 2.20. The molecule has 0 aliphatic carbocycles. The maximum absolute atomic E-state index is 12.4. The Morgan fingerprint density at radius 1 is 1.12 bits per heavy atom. The minimum atomic E-state index is -0.205. The molecule has 0 aliphatic rings.